The number of likely N-dealkylation sites (tertiary alicyclic amines) is 1. The van der Waals surface area contributed by atoms with Crippen molar-refractivity contribution in [1.29, 1.82) is 0 Å². The van der Waals surface area contributed by atoms with Gasteiger partial charge in [0.1, 0.15) is 0 Å². The van der Waals surface area contributed by atoms with Crippen molar-refractivity contribution >= 4 is 5.91 Å². The van der Waals surface area contributed by atoms with Gasteiger partial charge in [-0.25, -0.2) is 0 Å². The van der Waals surface area contributed by atoms with E-state index in [1.165, 1.54) is 12.8 Å². The lowest BCUT2D eigenvalue weighted by Gasteiger charge is -2.37. The van der Waals surface area contributed by atoms with Gasteiger partial charge in [-0.05, 0) is 32.1 Å². The van der Waals surface area contributed by atoms with E-state index in [0.717, 1.165) is 51.6 Å². The number of hydrogen-bond acceptors (Lipinski definition) is 3. The Hall–Kier alpha value is -0.610. The molecule has 4 heteroatoms. The molecule has 2 rings (SSSR count). The Morgan fingerprint density at radius 2 is 1.67 bits per heavy atom. The molecule has 2 N–H and O–H groups in total. The van der Waals surface area contributed by atoms with Crippen molar-refractivity contribution in [3.63, 3.8) is 0 Å². The number of rotatable bonds is 4. The van der Waals surface area contributed by atoms with E-state index in [1.807, 2.05) is 4.90 Å². The Morgan fingerprint density at radius 3 is 2.28 bits per heavy atom. The number of carbonyl (C=O) groups excluding carboxylic acids is 1. The Balaban J connectivity index is 1.79. The zero-order valence-electron chi connectivity index (χ0n) is 11.3. The van der Waals surface area contributed by atoms with Crippen molar-refractivity contribution in [1.82, 2.24) is 10.2 Å². The summed E-state index contributed by atoms with van der Waals surface area (Å²) in [6.07, 6.45) is 9.08. The van der Waals surface area contributed by atoms with Crippen LogP contribution in [-0.4, -0.2) is 47.7 Å². The van der Waals surface area contributed by atoms with Crippen LogP contribution in [0.15, 0.2) is 0 Å². The Kier molecular flexibility index (Phi) is 5.01. The van der Waals surface area contributed by atoms with Crippen LogP contribution in [-0.2, 0) is 4.79 Å². The number of piperidine rings is 1. The quantitative estimate of drug-likeness (QED) is 0.794. The molecule has 0 bridgehead atoms. The van der Waals surface area contributed by atoms with Crippen molar-refractivity contribution in [2.45, 2.75) is 56.9 Å². The van der Waals surface area contributed by atoms with Crippen LogP contribution < -0.4 is 5.32 Å². The summed E-state index contributed by atoms with van der Waals surface area (Å²) < 4.78 is 0. The Bertz CT molecular complexity index is 269. The molecule has 0 aromatic rings. The molecule has 0 aromatic carbocycles. The highest BCUT2D eigenvalue weighted by molar-refractivity contribution is 5.78. The van der Waals surface area contributed by atoms with E-state index >= 15 is 0 Å². The van der Waals surface area contributed by atoms with Gasteiger partial charge < -0.3 is 15.3 Å². The first kappa shape index (κ1) is 13.8. The Labute approximate surface area is 110 Å². The molecule has 2 fully saturated rings. The van der Waals surface area contributed by atoms with Crippen LogP contribution in [0.1, 0.15) is 51.4 Å². The van der Waals surface area contributed by atoms with Gasteiger partial charge in [-0.1, -0.05) is 19.3 Å². The normalized spacial score (nSPS) is 23.9. The van der Waals surface area contributed by atoms with Gasteiger partial charge in [0.25, 0.3) is 0 Å². The SMILES string of the molecule is O=C(CNC1(CO)CCCCC1)N1CCCCC1. The number of carbonyl (C=O) groups is 1. The molecule has 1 amide bonds. The molecule has 18 heavy (non-hydrogen) atoms. The zero-order valence-corrected chi connectivity index (χ0v) is 11.3. The minimum absolute atomic E-state index is 0.153. The minimum atomic E-state index is -0.191. The van der Waals surface area contributed by atoms with Crippen molar-refractivity contribution in [3.8, 4) is 0 Å². The van der Waals surface area contributed by atoms with Crippen LogP contribution in [0.25, 0.3) is 0 Å². The predicted molar refractivity (Wildman–Crippen MR) is 71.3 cm³/mol. The molecule has 0 spiro atoms. The molecule has 1 saturated heterocycles. The fraction of sp³-hybridized carbons (Fsp3) is 0.929. The largest absolute Gasteiger partial charge is 0.394 e. The molecule has 0 unspecified atom stereocenters. The maximum atomic E-state index is 12.1. The van der Waals surface area contributed by atoms with E-state index in [9.17, 15) is 9.90 Å². The van der Waals surface area contributed by atoms with Gasteiger partial charge in [0.2, 0.25) is 5.91 Å². The molecule has 2 aliphatic rings. The maximum Gasteiger partial charge on any atom is 0.236 e. The smallest absolute Gasteiger partial charge is 0.236 e. The molecular weight excluding hydrogens is 228 g/mol. The van der Waals surface area contributed by atoms with Gasteiger partial charge in [0.05, 0.1) is 13.2 Å². The second kappa shape index (κ2) is 6.53. The standard InChI is InChI=1S/C14H26N2O2/c17-12-14(7-3-1-4-8-14)15-11-13(18)16-9-5-2-6-10-16/h15,17H,1-12H2. The monoisotopic (exact) mass is 254 g/mol. The molecular formula is C14H26N2O2. The van der Waals surface area contributed by atoms with Crippen LogP contribution in [0.5, 0.6) is 0 Å². The highest BCUT2D eigenvalue weighted by atomic mass is 16.3. The van der Waals surface area contributed by atoms with Gasteiger partial charge in [0, 0.05) is 18.6 Å². The van der Waals surface area contributed by atoms with E-state index in [4.69, 9.17) is 0 Å². The first-order valence-corrected chi connectivity index (χ1v) is 7.39. The average molecular weight is 254 g/mol. The molecule has 104 valence electrons. The van der Waals surface area contributed by atoms with Gasteiger partial charge in [0.15, 0.2) is 0 Å². The summed E-state index contributed by atoms with van der Waals surface area (Å²) in [7, 11) is 0. The lowest BCUT2D eigenvalue weighted by molar-refractivity contribution is -0.131. The van der Waals surface area contributed by atoms with Crippen LogP contribution in [0.4, 0.5) is 0 Å². The summed E-state index contributed by atoms with van der Waals surface area (Å²) in [5.74, 6) is 0.202. The predicted octanol–water partition coefficient (Wildman–Crippen LogP) is 1.28. The number of nitrogens with one attached hydrogen (secondary N) is 1. The summed E-state index contributed by atoms with van der Waals surface area (Å²) >= 11 is 0. The summed E-state index contributed by atoms with van der Waals surface area (Å²) in [6, 6.07) is 0. The summed E-state index contributed by atoms with van der Waals surface area (Å²) in [4.78, 5) is 14.0. The van der Waals surface area contributed by atoms with Gasteiger partial charge in [-0.15, -0.1) is 0 Å². The molecule has 1 aliphatic heterocycles. The number of aliphatic hydroxyl groups excluding tert-OH is 1. The van der Waals surface area contributed by atoms with E-state index < -0.39 is 0 Å². The number of hydrogen-bond donors (Lipinski definition) is 2. The van der Waals surface area contributed by atoms with E-state index in [0.29, 0.717) is 6.54 Å². The second-order valence-corrected chi connectivity index (χ2v) is 5.79. The molecule has 1 aliphatic carbocycles. The molecule has 4 nitrogen and oxygen atoms in total. The molecule has 0 atom stereocenters. The lowest BCUT2D eigenvalue weighted by Crippen LogP contribution is -2.53. The van der Waals surface area contributed by atoms with Crippen molar-refractivity contribution in [2.75, 3.05) is 26.2 Å². The van der Waals surface area contributed by atoms with Crippen LogP contribution >= 0.6 is 0 Å². The summed E-state index contributed by atoms with van der Waals surface area (Å²) in [5.41, 5.74) is -0.191. The second-order valence-electron chi connectivity index (χ2n) is 5.79. The minimum Gasteiger partial charge on any atom is -0.394 e. The lowest BCUT2D eigenvalue weighted by atomic mass is 9.82. The average Bonchev–Trinajstić information content (AvgIpc) is 2.47. The van der Waals surface area contributed by atoms with Gasteiger partial charge >= 0.3 is 0 Å². The first-order valence-electron chi connectivity index (χ1n) is 7.39. The van der Waals surface area contributed by atoms with Gasteiger partial charge in [-0.2, -0.15) is 0 Å². The van der Waals surface area contributed by atoms with Crippen LogP contribution in [0, 0.1) is 0 Å². The number of aliphatic hydroxyl groups is 1. The van der Waals surface area contributed by atoms with E-state index in [1.54, 1.807) is 0 Å². The van der Waals surface area contributed by atoms with Gasteiger partial charge in [-0.3, -0.25) is 4.79 Å². The van der Waals surface area contributed by atoms with E-state index in [-0.39, 0.29) is 18.1 Å². The molecule has 1 saturated carbocycles. The van der Waals surface area contributed by atoms with Crippen molar-refractivity contribution in [2.24, 2.45) is 0 Å². The molecule has 1 heterocycles. The highest BCUT2D eigenvalue weighted by Gasteiger charge is 2.31. The Morgan fingerprint density at radius 1 is 1.06 bits per heavy atom. The topological polar surface area (TPSA) is 52.6 Å². The summed E-state index contributed by atoms with van der Waals surface area (Å²) in [6.45, 7) is 2.36. The fourth-order valence-electron chi connectivity index (χ4n) is 3.14. The maximum absolute atomic E-state index is 12.1. The van der Waals surface area contributed by atoms with E-state index in [2.05, 4.69) is 5.32 Å². The first-order chi connectivity index (χ1) is 8.76. The van der Waals surface area contributed by atoms with Crippen molar-refractivity contribution < 1.29 is 9.90 Å². The molecule has 0 aromatic heterocycles. The highest BCUT2D eigenvalue weighted by Crippen LogP contribution is 2.27. The summed E-state index contributed by atoms with van der Waals surface area (Å²) in [5, 5.41) is 12.9. The third-order valence-electron chi connectivity index (χ3n) is 4.44. The molecule has 0 radical (unpaired) electrons. The van der Waals surface area contributed by atoms with Crippen molar-refractivity contribution in [3.05, 3.63) is 0 Å². The zero-order chi connectivity index (χ0) is 12.8. The van der Waals surface area contributed by atoms with Crippen LogP contribution in [0.2, 0.25) is 0 Å². The van der Waals surface area contributed by atoms with Crippen LogP contribution in [0.3, 0.4) is 0 Å². The number of nitrogens with zero attached hydrogens (tertiary/aromatic N) is 1. The fourth-order valence-corrected chi connectivity index (χ4v) is 3.14. The third kappa shape index (κ3) is 3.45. The third-order valence-corrected chi connectivity index (χ3v) is 4.44. The number of amides is 1.